The summed E-state index contributed by atoms with van der Waals surface area (Å²) in [7, 11) is 3.15. The van der Waals surface area contributed by atoms with Crippen molar-refractivity contribution in [2.75, 3.05) is 20.8 Å². The van der Waals surface area contributed by atoms with Crippen molar-refractivity contribution in [3.8, 4) is 11.5 Å². The highest BCUT2D eigenvalue weighted by Gasteiger charge is 2.09. The van der Waals surface area contributed by atoms with Crippen LogP contribution in [0.2, 0.25) is 0 Å². The first-order valence-electron chi connectivity index (χ1n) is 5.67. The van der Waals surface area contributed by atoms with Crippen LogP contribution in [0.4, 0.5) is 0 Å². The fraction of sp³-hybridized carbons (Fsp3) is 0.308. The number of hydrogen-bond donors (Lipinski definition) is 2. The van der Waals surface area contributed by atoms with E-state index in [4.69, 9.17) is 15.2 Å². The monoisotopic (exact) mass is 248 g/mol. The number of aromatic amines is 1. The molecule has 0 aliphatic heterocycles. The lowest BCUT2D eigenvalue weighted by Gasteiger charge is -2.09. The van der Waals surface area contributed by atoms with Gasteiger partial charge < -0.3 is 20.2 Å². The van der Waals surface area contributed by atoms with Gasteiger partial charge in [-0.05, 0) is 25.1 Å². The summed E-state index contributed by atoms with van der Waals surface area (Å²) in [6, 6.07) is 5.42. The SMILES string of the molecule is COc1cc(OC)c2[nH]c(=O)c(CCN)cc2c1. The average molecular weight is 248 g/mol. The highest BCUT2D eigenvalue weighted by atomic mass is 16.5. The molecule has 96 valence electrons. The largest absolute Gasteiger partial charge is 0.497 e. The van der Waals surface area contributed by atoms with Crippen molar-refractivity contribution in [3.05, 3.63) is 34.1 Å². The maximum absolute atomic E-state index is 11.8. The van der Waals surface area contributed by atoms with E-state index >= 15 is 0 Å². The predicted molar refractivity (Wildman–Crippen MR) is 70.4 cm³/mol. The van der Waals surface area contributed by atoms with E-state index in [-0.39, 0.29) is 5.56 Å². The zero-order valence-electron chi connectivity index (χ0n) is 10.4. The molecule has 0 atom stereocenters. The maximum Gasteiger partial charge on any atom is 0.251 e. The molecule has 5 nitrogen and oxygen atoms in total. The molecule has 0 radical (unpaired) electrons. The molecule has 0 amide bonds. The molecule has 3 N–H and O–H groups in total. The summed E-state index contributed by atoms with van der Waals surface area (Å²) in [4.78, 5) is 14.7. The Kier molecular flexibility index (Phi) is 3.53. The molecule has 1 heterocycles. The van der Waals surface area contributed by atoms with Gasteiger partial charge in [-0.2, -0.15) is 0 Å². The molecule has 18 heavy (non-hydrogen) atoms. The van der Waals surface area contributed by atoms with Crippen LogP contribution in [0.3, 0.4) is 0 Å². The molecule has 5 heteroatoms. The Morgan fingerprint density at radius 1 is 1.22 bits per heavy atom. The average Bonchev–Trinajstić information content (AvgIpc) is 2.39. The fourth-order valence-corrected chi connectivity index (χ4v) is 1.93. The van der Waals surface area contributed by atoms with E-state index in [0.717, 1.165) is 5.39 Å². The number of fused-ring (bicyclic) bond motifs is 1. The lowest BCUT2D eigenvalue weighted by molar-refractivity contribution is 0.397. The van der Waals surface area contributed by atoms with Gasteiger partial charge in [0.05, 0.1) is 19.7 Å². The minimum atomic E-state index is -0.128. The molecule has 1 aromatic carbocycles. The Labute approximate surface area is 105 Å². The summed E-state index contributed by atoms with van der Waals surface area (Å²) >= 11 is 0. The van der Waals surface area contributed by atoms with Gasteiger partial charge in [-0.15, -0.1) is 0 Å². The van der Waals surface area contributed by atoms with Gasteiger partial charge in [0.25, 0.3) is 5.56 Å². The van der Waals surface area contributed by atoms with Gasteiger partial charge in [-0.3, -0.25) is 4.79 Å². The summed E-state index contributed by atoms with van der Waals surface area (Å²) in [5.74, 6) is 1.27. The molecule has 0 saturated heterocycles. The van der Waals surface area contributed by atoms with Gasteiger partial charge in [-0.1, -0.05) is 0 Å². The highest BCUT2D eigenvalue weighted by molar-refractivity contribution is 5.86. The van der Waals surface area contributed by atoms with Gasteiger partial charge >= 0.3 is 0 Å². The smallest absolute Gasteiger partial charge is 0.251 e. The van der Waals surface area contributed by atoms with E-state index in [1.54, 1.807) is 20.3 Å². The zero-order valence-corrected chi connectivity index (χ0v) is 10.4. The number of pyridine rings is 1. The van der Waals surface area contributed by atoms with Crippen molar-refractivity contribution < 1.29 is 9.47 Å². The molecular weight excluding hydrogens is 232 g/mol. The van der Waals surface area contributed by atoms with Gasteiger partial charge in [0.15, 0.2) is 0 Å². The minimum Gasteiger partial charge on any atom is -0.497 e. The number of nitrogens with two attached hydrogens (primary N) is 1. The van der Waals surface area contributed by atoms with E-state index in [1.807, 2.05) is 12.1 Å². The summed E-state index contributed by atoms with van der Waals surface area (Å²) in [5.41, 5.74) is 6.69. The van der Waals surface area contributed by atoms with Gasteiger partial charge in [0, 0.05) is 17.0 Å². The number of hydrogen-bond acceptors (Lipinski definition) is 4. The lowest BCUT2D eigenvalue weighted by atomic mass is 10.1. The van der Waals surface area contributed by atoms with Gasteiger partial charge in [0.2, 0.25) is 0 Å². The third kappa shape index (κ3) is 2.17. The van der Waals surface area contributed by atoms with Crippen LogP contribution in [0.15, 0.2) is 23.0 Å². The molecule has 0 aliphatic carbocycles. The zero-order chi connectivity index (χ0) is 13.1. The summed E-state index contributed by atoms with van der Waals surface area (Å²) in [6.45, 7) is 0.440. The first-order chi connectivity index (χ1) is 8.69. The predicted octanol–water partition coefficient (Wildman–Crippen LogP) is 1.05. The van der Waals surface area contributed by atoms with Crippen LogP contribution in [-0.4, -0.2) is 25.7 Å². The molecule has 0 unspecified atom stereocenters. The van der Waals surface area contributed by atoms with E-state index in [9.17, 15) is 4.79 Å². The summed E-state index contributed by atoms with van der Waals surface area (Å²) in [6.07, 6.45) is 0.546. The van der Waals surface area contributed by atoms with Crippen LogP contribution in [0.1, 0.15) is 5.56 Å². The topological polar surface area (TPSA) is 77.3 Å². The second-order valence-electron chi connectivity index (χ2n) is 3.96. The number of nitrogens with one attached hydrogen (secondary N) is 1. The number of ether oxygens (including phenoxy) is 2. The van der Waals surface area contributed by atoms with E-state index < -0.39 is 0 Å². The number of methoxy groups -OCH3 is 2. The van der Waals surface area contributed by atoms with Crippen LogP contribution < -0.4 is 20.8 Å². The summed E-state index contributed by atoms with van der Waals surface area (Å²) in [5, 5.41) is 0.870. The Hall–Kier alpha value is -2.01. The van der Waals surface area contributed by atoms with Crippen molar-refractivity contribution >= 4 is 10.9 Å². The third-order valence-electron chi connectivity index (χ3n) is 2.84. The molecule has 2 rings (SSSR count). The van der Waals surface area contributed by atoms with Gasteiger partial charge in [0.1, 0.15) is 11.5 Å². The molecule has 0 fully saturated rings. The molecule has 0 bridgehead atoms. The van der Waals surface area contributed by atoms with Crippen molar-refractivity contribution in [1.82, 2.24) is 4.98 Å². The standard InChI is InChI=1S/C13H16N2O3/c1-17-10-6-9-5-8(3-4-14)13(16)15-12(9)11(7-10)18-2/h5-7H,3-4,14H2,1-2H3,(H,15,16). The van der Waals surface area contributed by atoms with Crippen LogP contribution in [-0.2, 0) is 6.42 Å². The second kappa shape index (κ2) is 5.10. The molecule has 0 saturated carbocycles. The van der Waals surface area contributed by atoms with Crippen LogP contribution in [0.25, 0.3) is 10.9 Å². The molecule has 1 aromatic heterocycles. The minimum absolute atomic E-state index is 0.128. The molecular formula is C13H16N2O3. The lowest BCUT2D eigenvalue weighted by Crippen LogP contribution is -2.16. The number of aromatic nitrogens is 1. The number of benzene rings is 1. The van der Waals surface area contributed by atoms with Crippen molar-refractivity contribution in [2.24, 2.45) is 5.73 Å². The normalized spacial score (nSPS) is 10.6. The quantitative estimate of drug-likeness (QED) is 0.847. The van der Waals surface area contributed by atoms with Crippen molar-refractivity contribution in [1.29, 1.82) is 0 Å². The van der Waals surface area contributed by atoms with E-state index in [1.165, 1.54) is 0 Å². The fourth-order valence-electron chi connectivity index (χ4n) is 1.93. The highest BCUT2D eigenvalue weighted by Crippen LogP contribution is 2.29. The first-order valence-corrected chi connectivity index (χ1v) is 5.67. The molecule has 0 spiro atoms. The van der Waals surface area contributed by atoms with Crippen molar-refractivity contribution in [3.63, 3.8) is 0 Å². The Morgan fingerprint density at radius 2 is 2.00 bits per heavy atom. The number of H-pyrrole nitrogens is 1. The molecule has 2 aromatic rings. The van der Waals surface area contributed by atoms with Crippen LogP contribution >= 0.6 is 0 Å². The Morgan fingerprint density at radius 3 is 2.61 bits per heavy atom. The molecule has 0 aliphatic rings. The van der Waals surface area contributed by atoms with Gasteiger partial charge in [-0.25, -0.2) is 0 Å². The maximum atomic E-state index is 11.8. The van der Waals surface area contributed by atoms with E-state index in [0.29, 0.717) is 35.5 Å². The Bertz CT molecular complexity index is 619. The van der Waals surface area contributed by atoms with E-state index in [2.05, 4.69) is 4.98 Å². The first kappa shape index (κ1) is 12.4. The van der Waals surface area contributed by atoms with Crippen LogP contribution in [0, 0.1) is 0 Å². The third-order valence-corrected chi connectivity index (χ3v) is 2.84. The second-order valence-corrected chi connectivity index (χ2v) is 3.96. The summed E-state index contributed by atoms with van der Waals surface area (Å²) < 4.78 is 10.4. The van der Waals surface area contributed by atoms with Crippen molar-refractivity contribution in [2.45, 2.75) is 6.42 Å². The number of rotatable bonds is 4. The Balaban J connectivity index is 2.71. The van der Waals surface area contributed by atoms with Crippen LogP contribution in [0.5, 0.6) is 11.5 Å².